The van der Waals surface area contributed by atoms with Crippen molar-refractivity contribution >= 4 is 11.8 Å². The molecule has 0 aromatic heterocycles. The summed E-state index contributed by atoms with van der Waals surface area (Å²) in [6.45, 7) is 2.04. The topological polar surface area (TPSA) is 74.6 Å². The number of Topliss-reactive ketones (excluding diaryl/α,β-unsaturated/α-hetero) is 1. The van der Waals surface area contributed by atoms with Gasteiger partial charge in [0.1, 0.15) is 0 Å². The van der Waals surface area contributed by atoms with E-state index in [2.05, 4.69) is 0 Å². The van der Waals surface area contributed by atoms with Gasteiger partial charge >= 0.3 is 5.97 Å². The van der Waals surface area contributed by atoms with Crippen molar-refractivity contribution in [2.24, 2.45) is 0 Å². The van der Waals surface area contributed by atoms with E-state index in [9.17, 15) is 14.7 Å². The van der Waals surface area contributed by atoms with Gasteiger partial charge in [-0.15, -0.1) is 0 Å². The number of hydrogen-bond acceptors (Lipinski definition) is 3. The lowest BCUT2D eigenvalue weighted by atomic mass is 10.0. The Morgan fingerprint density at radius 2 is 2.05 bits per heavy atom. The molecule has 122 valence electrons. The average Bonchev–Trinajstić information content (AvgIpc) is 2.82. The molecule has 0 saturated carbocycles. The molecule has 0 amide bonds. The van der Waals surface area contributed by atoms with Gasteiger partial charge in [-0.3, -0.25) is 9.59 Å². The average molecular weight is 306 g/mol. The highest BCUT2D eigenvalue weighted by atomic mass is 16.4. The first-order chi connectivity index (χ1) is 10.5. The van der Waals surface area contributed by atoms with Gasteiger partial charge in [-0.05, 0) is 38.5 Å². The summed E-state index contributed by atoms with van der Waals surface area (Å²) in [7, 11) is 0. The van der Waals surface area contributed by atoms with Crippen LogP contribution in [-0.4, -0.2) is 28.1 Å². The number of carboxylic acid groups (broad SMARTS) is 1. The van der Waals surface area contributed by atoms with Crippen LogP contribution in [0.2, 0.25) is 0 Å². The second kappa shape index (κ2) is 10.1. The number of carbonyl (C=O) groups is 2. The number of carboxylic acids is 1. The van der Waals surface area contributed by atoms with Gasteiger partial charge in [0.2, 0.25) is 0 Å². The predicted octanol–water partition coefficient (Wildman–Crippen LogP) is 3.56. The normalized spacial score (nSPS) is 17.1. The van der Waals surface area contributed by atoms with Gasteiger partial charge in [0.15, 0.2) is 5.78 Å². The predicted molar refractivity (Wildman–Crippen MR) is 86.6 cm³/mol. The van der Waals surface area contributed by atoms with Crippen LogP contribution in [-0.2, 0) is 9.59 Å². The van der Waals surface area contributed by atoms with Crippen molar-refractivity contribution in [2.75, 3.05) is 0 Å². The second-order valence-corrected chi connectivity index (χ2v) is 5.58. The third-order valence-corrected chi connectivity index (χ3v) is 3.72. The molecule has 22 heavy (non-hydrogen) atoms. The lowest BCUT2D eigenvalue weighted by molar-refractivity contribution is -0.137. The maximum atomic E-state index is 11.9. The zero-order valence-electron chi connectivity index (χ0n) is 13.3. The van der Waals surface area contributed by atoms with Crippen LogP contribution in [0.4, 0.5) is 0 Å². The van der Waals surface area contributed by atoms with E-state index >= 15 is 0 Å². The molecule has 0 aromatic carbocycles. The number of ketones is 1. The standard InChI is InChI=1S/C18H26O4/c1-2-3-4-8-15(19)11-12-16-14(10-13-17(16)20)7-5-6-9-18(21)22/h3-4,11-12,15,19H,2,5-10,13H2,1H3,(H,21,22)/b4-3-,12-11+/t15-/m1/s1. The van der Waals surface area contributed by atoms with Crippen molar-refractivity contribution in [2.45, 2.75) is 64.4 Å². The number of carbonyl (C=O) groups excluding carboxylic acids is 1. The van der Waals surface area contributed by atoms with Crippen LogP contribution in [0, 0.1) is 0 Å². The third kappa shape index (κ3) is 6.85. The van der Waals surface area contributed by atoms with Gasteiger partial charge in [-0.25, -0.2) is 0 Å². The molecular formula is C18H26O4. The molecule has 0 fully saturated rings. The molecule has 0 aliphatic heterocycles. The summed E-state index contributed by atoms with van der Waals surface area (Å²) in [4.78, 5) is 22.4. The third-order valence-electron chi connectivity index (χ3n) is 3.72. The first kappa shape index (κ1) is 18.4. The summed E-state index contributed by atoms with van der Waals surface area (Å²) in [5.41, 5.74) is 1.82. The van der Waals surface area contributed by atoms with Gasteiger partial charge in [0, 0.05) is 18.4 Å². The maximum Gasteiger partial charge on any atom is 0.303 e. The van der Waals surface area contributed by atoms with Crippen molar-refractivity contribution in [3.63, 3.8) is 0 Å². The zero-order chi connectivity index (χ0) is 16.4. The number of aliphatic hydroxyl groups is 1. The van der Waals surface area contributed by atoms with Crippen molar-refractivity contribution in [1.82, 2.24) is 0 Å². The summed E-state index contributed by atoms with van der Waals surface area (Å²) < 4.78 is 0. The fourth-order valence-corrected chi connectivity index (χ4v) is 2.50. The van der Waals surface area contributed by atoms with Crippen molar-refractivity contribution in [1.29, 1.82) is 0 Å². The van der Waals surface area contributed by atoms with Gasteiger partial charge < -0.3 is 10.2 Å². The molecule has 0 saturated heterocycles. The summed E-state index contributed by atoms with van der Waals surface area (Å²) in [5.74, 6) is -0.652. The van der Waals surface area contributed by atoms with Crippen LogP contribution in [0.5, 0.6) is 0 Å². The Balaban J connectivity index is 2.54. The Morgan fingerprint density at radius 3 is 2.73 bits per heavy atom. The molecule has 0 aromatic rings. The minimum absolute atomic E-state index is 0.126. The number of aliphatic carboxylic acids is 1. The molecule has 2 N–H and O–H groups in total. The minimum atomic E-state index is -0.778. The highest BCUT2D eigenvalue weighted by molar-refractivity contribution is 6.01. The lowest BCUT2D eigenvalue weighted by Crippen LogP contribution is -2.01. The van der Waals surface area contributed by atoms with Crippen LogP contribution < -0.4 is 0 Å². The van der Waals surface area contributed by atoms with Crippen LogP contribution in [0.1, 0.15) is 58.3 Å². The second-order valence-electron chi connectivity index (χ2n) is 5.58. The SMILES string of the molecule is CC/C=C\C[C@@H](O)/C=C/C1=C(CCCCC(=O)O)CCC1=O. The van der Waals surface area contributed by atoms with Gasteiger partial charge in [-0.2, -0.15) is 0 Å². The number of unbranched alkanes of at least 4 members (excludes halogenated alkanes) is 1. The summed E-state index contributed by atoms with van der Waals surface area (Å²) in [6, 6.07) is 0. The monoisotopic (exact) mass is 306 g/mol. The first-order valence-corrected chi connectivity index (χ1v) is 8.02. The Kier molecular flexibility index (Phi) is 8.44. The number of rotatable bonds is 10. The number of allylic oxidation sites excluding steroid dienone is 4. The zero-order valence-corrected chi connectivity index (χ0v) is 13.3. The Labute approximate surface area is 132 Å². The molecule has 0 unspecified atom stereocenters. The van der Waals surface area contributed by atoms with Crippen LogP contribution in [0.15, 0.2) is 35.5 Å². The Bertz CT molecular complexity index is 471. The van der Waals surface area contributed by atoms with Crippen LogP contribution in [0.25, 0.3) is 0 Å². The van der Waals surface area contributed by atoms with E-state index in [1.165, 1.54) is 0 Å². The van der Waals surface area contributed by atoms with Crippen molar-refractivity contribution in [3.8, 4) is 0 Å². The Morgan fingerprint density at radius 1 is 1.27 bits per heavy atom. The molecule has 1 aliphatic rings. The summed E-state index contributed by atoms with van der Waals surface area (Å²) in [6.07, 6.45) is 11.9. The smallest absolute Gasteiger partial charge is 0.303 e. The molecule has 0 bridgehead atoms. The van der Waals surface area contributed by atoms with Gasteiger partial charge in [0.25, 0.3) is 0 Å². The molecule has 1 rings (SSSR count). The van der Waals surface area contributed by atoms with Crippen LogP contribution in [0.3, 0.4) is 0 Å². The van der Waals surface area contributed by atoms with E-state index in [0.29, 0.717) is 24.8 Å². The molecule has 0 heterocycles. The molecule has 4 nitrogen and oxygen atoms in total. The van der Waals surface area contributed by atoms with E-state index in [1.54, 1.807) is 12.2 Å². The van der Waals surface area contributed by atoms with E-state index < -0.39 is 12.1 Å². The summed E-state index contributed by atoms with van der Waals surface area (Å²) in [5, 5.41) is 18.5. The van der Waals surface area contributed by atoms with Crippen LogP contribution >= 0.6 is 0 Å². The highest BCUT2D eigenvalue weighted by Gasteiger charge is 2.20. The van der Waals surface area contributed by atoms with Crippen molar-refractivity contribution in [3.05, 3.63) is 35.5 Å². The molecule has 1 aliphatic carbocycles. The lowest BCUT2D eigenvalue weighted by Gasteiger charge is -2.04. The van der Waals surface area contributed by atoms with Gasteiger partial charge in [0.05, 0.1) is 6.10 Å². The van der Waals surface area contributed by atoms with E-state index in [1.807, 2.05) is 19.1 Å². The number of aliphatic hydroxyl groups excluding tert-OH is 1. The molecule has 0 radical (unpaired) electrons. The van der Waals surface area contributed by atoms with E-state index in [-0.39, 0.29) is 12.2 Å². The molecular weight excluding hydrogens is 280 g/mol. The minimum Gasteiger partial charge on any atom is -0.481 e. The fourth-order valence-electron chi connectivity index (χ4n) is 2.50. The fraction of sp³-hybridized carbons (Fsp3) is 0.556. The highest BCUT2D eigenvalue weighted by Crippen LogP contribution is 2.28. The molecule has 1 atom stereocenters. The van der Waals surface area contributed by atoms with E-state index in [0.717, 1.165) is 31.3 Å². The maximum absolute atomic E-state index is 11.9. The Hall–Kier alpha value is -1.68. The van der Waals surface area contributed by atoms with Crippen molar-refractivity contribution < 1.29 is 19.8 Å². The summed E-state index contributed by atoms with van der Waals surface area (Å²) >= 11 is 0. The van der Waals surface area contributed by atoms with Gasteiger partial charge in [-0.1, -0.05) is 36.8 Å². The molecule has 4 heteroatoms. The molecule has 0 spiro atoms. The number of hydrogen-bond donors (Lipinski definition) is 2. The largest absolute Gasteiger partial charge is 0.481 e. The quantitative estimate of drug-likeness (QED) is 0.478. The van der Waals surface area contributed by atoms with E-state index in [4.69, 9.17) is 5.11 Å². The first-order valence-electron chi connectivity index (χ1n) is 8.02.